The Labute approximate surface area is 88.2 Å². The summed E-state index contributed by atoms with van der Waals surface area (Å²) in [4.78, 5) is 12.7. The molecule has 84 valence electrons. The fourth-order valence-electron chi connectivity index (χ4n) is 1.14. The molecule has 0 aromatic carbocycles. The van der Waals surface area contributed by atoms with Crippen molar-refractivity contribution in [3.8, 4) is 0 Å². The van der Waals surface area contributed by atoms with Gasteiger partial charge >= 0.3 is 6.09 Å². The SMILES string of the molecule is Cc1occc1CN(C)C(=O)OCCO. The zero-order valence-corrected chi connectivity index (χ0v) is 8.90. The van der Waals surface area contributed by atoms with Gasteiger partial charge in [-0.2, -0.15) is 0 Å². The van der Waals surface area contributed by atoms with Crippen LogP contribution in [-0.4, -0.2) is 36.4 Å². The molecule has 0 aliphatic carbocycles. The minimum absolute atomic E-state index is 0.0214. The van der Waals surface area contributed by atoms with Crippen molar-refractivity contribution in [2.75, 3.05) is 20.3 Å². The second kappa shape index (κ2) is 5.41. The lowest BCUT2D eigenvalue weighted by Gasteiger charge is -2.15. The van der Waals surface area contributed by atoms with Crippen molar-refractivity contribution in [3.63, 3.8) is 0 Å². The van der Waals surface area contributed by atoms with Gasteiger partial charge in [-0.3, -0.25) is 0 Å². The Bertz CT molecular complexity index is 321. The van der Waals surface area contributed by atoms with E-state index in [0.29, 0.717) is 6.54 Å². The minimum atomic E-state index is -0.454. The van der Waals surface area contributed by atoms with Crippen LogP contribution < -0.4 is 0 Å². The van der Waals surface area contributed by atoms with Gasteiger partial charge in [0.2, 0.25) is 0 Å². The molecule has 0 saturated heterocycles. The van der Waals surface area contributed by atoms with E-state index in [1.165, 1.54) is 4.90 Å². The number of aliphatic hydroxyl groups excluding tert-OH is 1. The van der Waals surface area contributed by atoms with Crippen molar-refractivity contribution >= 4 is 6.09 Å². The third kappa shape index (κ3) is 3.28. The van der Waals surface area contributed by atoms with Crippen LogP contribution in [0.15, 0.2) is 16.7 Å². The van der Waals surface area contributed by atoms with Crippen molar-refractivity contribution in [2.24, 2.45) is 0 Å². The first kappa shape index (κ1) is 11.6. The number of furan rings is 1. The number of nitrogens with zero attached hydrogens (tertiary/aromatic N) is 1. The van der Waals surface area contributed by atoms with E-state index >= 15 is 0 Å². The number of hydrogen-bond acceptors (Lipinski definition) is 4. The Hall–Kier alpha value is -1.49. The van der Waals surface area contributed by atoms with E-state index in [2.05, 4.69) is 0 Å². The van der Waals surface area contributed by atoms with Gasteiger partial charge in [-0.1, -0.05) is 0 Å². The van der Waals surface area contributed by atoms with Gasteiger partial charge in [0.05, 0.1) is 19.4 Å². The Morgan fingerprint density at radius 1 is 1.67 bits per heavy atom. The van der Waals surface area contributed by atoms with Gasteiger partial charge in [0.15, 0.2) is 0 Å². The predicted octanol–water partition coefficient (Wildman–Crippen LogP) is 1.15. The van der Waals surface area contributed by atoms with E-state index in [0.717, 1.165) is 11.3 Å². The van der Waals surface area contributed by atoms with Gasteiger partial charge in [-0.05, 0) is 13.0 Å². The number of rotatable bonds is 4. The van der Waals surface area contributed by atoms with E-state index in [1.807, 2.05) is 13.0 Å². The van der Waals surface area contributed by atoms with Gasteiger partial charge in [-0.15, -0.1) is 0 Å². The first-order chi connectivity index (χ1) is 7.15. The second-order valence-electron chi connectivity index (χ2n) is 3.20. The number of carbonyl (C=O) groups excluding carboxylic acids is 1. The third-order valence-corrected chi connectivity index (χ3v) is 2.00. The molecule has 5 nitrogen and oxygen atoms in total. The summed E-state index contributed by atoms with van der Waals surface area (Å²) < 4.78 is 9.86. The van der Waals surface area contributed by atoms with E-state index < -0.39 is 6.09 Å². The summed E-state index contributed by atoms with van der Waals surface area (Å²) in [5, 5.41) is 8.49. The Balaban J connectivity index is 2.45. The van der Waals surface area contributed by atoms with Gasteiger partial charge in [0.1, 0.15) is 12.4 Å². The molecule has 0 unspecified atom stereocenters. The van der Waals surface area contributed by atoms with Crippen LogP contribution in [0.4, 0.5) is 4.79 Å². The highest BCUT2D eigenvalue weighted by Gasteiger charge is 2.12. The highest BCUT2D eigenvalue weighted by Crippen LogP contribution is 2.11. The second-order valence-corrected chi connectivity index (χ2v) is 3.20. The summed E-state index contributed by atoms with van der Waals surface area (Å²) in [6, 6.07) is 1.81. The lowest BCUT2D eigenvalue weighted by Crippen LogP contribution is -2.27. The van der Waals surface area contributed by atoms with E-state index in [4.69, 9.17) is 14.3 Å². The topological polar surface area (TPSA) is 62.9 Å². The summed E-state index contributed by atoms with van der Waals surface area (Å²) in [5.74, 6) is 0.789. The van der Waals surface area contributed by atoms with Crippen molar-refractivity contribution in [1.29, 1.82) is 0 Å². The molecule has 5 heteroatoms. The predicted molar refractivity (Wildman–Crippen MR) is 53.3 cm³/mol. The van der Waals surface area contributed by atoms with E-state index in [9.17, 15) is 4.79 Å². The number of carbonyl (C=O) groups is 1. The molecule has 1 heterocycles. The summed E-state index contributed by atoms with van der Waals surface area (Å²) in [5.41, 5.74) is 0.943. The van der Waals surface area contributed by atoms with E-state index in [1.54, 1.807) is 13.3 Å². The highest BCUT2D eigenvalue weighted by molar-refractivity contribution is 5.67. The van der Waals surface area contributed by atoms with Gasteiger partial charge < -0.3 is 19.2 Å². The van der Waals surface area contributed by atoms with Crippen LogP contribution in [0, 0.1) is 6.92 Å². The van der Waals surface area contributed by atoms with Crippen LogP contribution in [0.25, 0.3) is 0 Å². The molecule has 0 aliphatic rings. The summed E-state index contributed by atoms with van der Waals surface area (Å²) in [6.07, 6.45) is 1.13. The molecular weight excluding hydrogens is 198 g/mol. The number of amides is 1. The lowest BCUT2D eigenvalue weighted by atomic mass is 10.2. The van der Waals surface area contributed by atoms with Crippen LogP contribution in [0.2, 0.25) is 0 Å². The lowest BCUT2D eigenvalue weighted by molar-refractivity contribution is 0.0893. The van der Waals surface area contributed by atoms with Crippen LogP contribution in [-0.2, 0) is 11.3 Å². The molecule has 0 spiro atoms. The van der Waals surface area contributed by atoms with Gasteiger partial charge in [0.25, 0.3) is 0 Å². The van der Waals surface area contributed by atoms with Crippen LogP contribution in [0.3, 0.4) is 0 Å². The largest absolute Gasteiger partial charge is 0.469 e. The average molecular weight is 213 g/mol. The smallest absolute Gasteiger partial charge is 0.409 e. The van der Waals surface area contributed by atoms with Crippen molar-refractivity contribution in [1.82, 2.24) is 4.90 Å². The fourth-order valence-corrected chi connectivity index (χ4v) is 1.14. The molecule has 0 atom stereocenters. The molecule has 0 fully saturated rings. The van der Waals surface area contributed by atoms with Gasteiger partial charge in [-0.25, -0.2) is 4.79 Å². The molecule has 0 radical (unpaired) electrons. The van der Waals surface area contributed by atoms with Crippen molar-refractivity contribution < 1.29 is 19.1 Å². The molecular formula is C10H15NO4. The molecule has 1 N–H and O–H groups in total. The summed E-state index contributed by atoms with van der Waals surface area (Å²) in [7, 11) is 1.63. The standard InChI is InChI=1S/C10H15NO4/c1-8-9(3-5-14-8)7-11(2)10(13)15-6-4-12/h3,5,12H,4,6-7H2,1-2H3. The Morgan fingerprint density at radius 3 is 2.93 bits per heavy atom. The molecule has 0 saturated carbocycles. The number of aliphatic hydroxyl groups is 1. The molecule has 0 aliphatic heterocycles. The molecule has 15 heavy (non-hydrogen) atoms. The number of ether oxygens (including phenoxy) is 1. The first-order valence-corrected chi connectivity index (χ1v) is 4.67. The zero-order valence-electron chi connectivity index (χ0n) is 8.90. The molecule has 1 amide bonds. The molecule has 0 bridgehead atoms. The summed E-state index contributed by atoms with van der Waals surface area (Å²) >= 11 is 0. The van der Waals surface area contributed by atoms with E-state index in [-0.39, 0.29) is 13.2 Å². The Morgan fingerprint density at radius 2 is 2.40 bits per heavy atom. The maximum atomic E-state index is 11.3. The van der Waals surface area contributed by atoms with Crippen LogP contribution in [0.5, 0.6) is 0 Å². The maximum absolute atomic E-state index is 11.3. The zero-order chi connectivity index (χ0) is 11.3. The minimum Gasteiger partial charge on any atom is -0.469 e. The molecule has 1 aromatic rings. The normalized spacial score (nSPS) is 10.1. The van der Waals surface area contributed by atoms with Crippen LogP contribution in [0.1, 0.15) is 11.3 Å². The number of hydrogen-bond donors (Lipinski definition) is 1. The molecule has 1 rings (SSSR count). The first-order valence-electron chi connectivity index (χ1n) is 4.67. The number of aryl methyl sites for hydroxylation is 1. The monoisotopic (exact) mass is 213 g/mol. The molecule has 1 aromatic heterocycles. The van der Waals surface area contributed by atoms with Crippen LogP contribution >= 0.6 is 0 Å². The average Bonchev–Trinajstić information content (AvgIpc) is 2.61. The van der Waals surface area contributed by atoms with Crippen molar-refractivity contribution in [3.05, 3.63) is 23.7 Å². The highest BCUT2D eigenvalue weighted by atomic mass is 16.6. The summed E-state index contributed by atoms with van der Waals surface area (Å²) in [6.45, 7) is 2.13. The Kier molecular flexibility index (Phi) is 4.17. The van der Waals surface area contributed by atoms with Crippen molar-refractivity contribution in [2.45, 2.75) is 13.5 Å². The quantitative estimate of drug-likeness (QED) is 0.814. The van der Waals surface area contributed by atoms with Gasteiger partial charge in [0, 0.05) is 12.6 Å². The maximum Gasteiger partial charge on any atom is 0.409 e. The fraction of sp³-hybridized carbons (Fsp3) is 0.500. The third-order valence-electron chi connectivity index (χ3n) is 2.00.